The summed E-state index contributed by atoms with van der Waals surface area (Å²) in [5, 5.41) is 22.6. The zero-order valence-corrected chi connectivity index (χ0v) is 19.5. The van der Waals surface area contributed by atoms with Crippen molar-refractivity contribution >= 4 is 23.9 Å². The van der Waals surface area contributed by atoms with E-state index in [1.165, 1.54) is 18.0 Å². The molecule has 0 saturated carbocycles. The summed E-state index contributed by atoms with van der Waals surface area (Å²) in [5.74, 6) is 1.43. The van der Waals surface area contributed by atoms with Crippen LogP contribution in [0, 0.1) is 6.92 Å². The second-order valence-corrected chi connectivity index (χ2v) is 8.32. The number of nitrogens with one attached hydrogen (secondary N) is 1. The lowest BCUT2D eigenvalue weighted by molar-refractivity contribution is -0.118. The van der Waals surface area contributed by atoms with Gasteiger partial charge in [0.2, 0.25) is 0 Å². The van der Waals surface area contributed by atoms with Gasteiger partial charge in [0.05, 0.1) is 19.1 Å². The van der Waals surface area contributed by atoms with Crippen molar-refractivity contribution in [2.24, 2.45) is 5.10 Å². The number of aryl methyl sites for hydroxylation is 1. The van der Waals surface area contributed by atoms with Gasteiger partial charge in [-0.25, -0.2) is 5.43 Å². The Balaban J connectivity index is 1.51. The minimum absolute atomic E-state index is 0.111. The van der Waals surface area contributed by atoms with E-state index in [1.807, 2.05) is 60.0 Å². The molecule has 172 valence electrons. The first-order valence-corrected chi connectivity index (χ1v) is 11.4. The minimum Gasteiger partial charge on any atom is -0.508 e. The maximum atomic E-state index is 12.3. The van der Waals surface area contributed by atoms with Gasteiger partial charge in [0.25, 0.3) is 5.91 Å². The molecule has 9 heteroatoms. The smallest absolute Gasteiger partial charge is 0.250 e. The van der Waals surface area contributed by atoms with Crippen molar-refractivity contribution in [3.05, 3.63) is 83.9 Å². The molecule has 1 aromatic heterocycles. The third-order valence-corrected chi connectivity index (χ3v) is 5.83. The van der Waals surface area contributed by atoms with Crippen LogP contribution in [0.3, 0.4) is 0 Å². The van der Waals surface area contributed by atoms with Crippen LogP contribution in [0.25, 0.3) is 17.1 Å². The number of methoxy groups -OCH3 is 1. The quantitative estimate of drug-likeness (QED) is 0.226. The van der Waals surface area contributed by atoms with Crippen LogP contribution in [0.4, 0.5) is 0 Å². The third kappa shape index (κ3) is 5.62. The van der Waals surface area contributed by atoms with E-state index >= 15 is 0 Å². The van der Waals surface area contributed by atoms with Crippen molar-refractivity contribution in [3.8, 4) is 28.6 Å². The normalized spacial score (nSPS) is 11.0. The van der Waals surface area contributed by atoms with E-state index in [0.29, 0.717) is 11.0 Å². The van der Waals surface area contributed by atoms with Crippen LogP contribution in [-0.4, -0.2) is 44.9 Å². The van der Waals surface area contributed by atoms with Gasteiger partial charge in [0, 0.05) is 11.3 Å². The summed E-state index contributed by atoms with van der Waals surface area (Å²) in [6.07, 6.45) is 1.51. The molecule has 0 aliphatic heterocycles. The van der Waals surface area contributed by atoms with E-state index in [-0.39, 0.29) is 17.4 Å². The highest BCUT2D eigenvalue weighted by atomic mass is 32.2. The number of rotatable bonds is 8. The number of ether oxygens (including phenoxy) is 1. The van der Waals surface area contributed by atoms with Crippen molar-refractivity contribution < 1.29 is 14.6 Å². The van der Waals surface area contributed by atoms with Crippen molar-refractivity contribution in [2.45, 2.75) is 12.1 Å². The summed E-state index contributed by atoms with van der Waals surface area (Å²) >= 11 is 1.27. The number of hydrogen-bond donors (Lipinski definition) is 2. The Hall–Kier alpha value is -4.11. The van der Waals surface area contributed by atoms with Gasteiger partial charge in [-0.2, -0.15) is 5.10 Å². The molecule has 4 rings (SSSR count). The lowest BCUT2D eigenvalue weighted by Gasteiger charge is -2.11. The zero-order valence-electron chi connectivity index (χ0n) is 18.7. The van der Waals surface area contributed by atoms with Gasteiger partial charge in [-0.3, -0.25) is 9.36 Å². The van der Waals surface area contributed by atoms with Gasteiger partial charge in [-0.05, 0) is 73.2 Å². The van der Waals surface area contributed by atoms with Gasteiger partial charge in [-0.15, -0.1) is 10.2 Å². The van der Waals surface area contributed by atoms with Gasteiger partial charge >= 0.3 is 0 Å². The number of amides is 1. The fourth-order valence-electron chi connectivity index (χ4n) is 3.12. The average molecular weight is 474 g/mol. The molecular weight excluding hydrogens is 450 g/mol. The molecule has 3 aromatic carbocycles. The van der Waals surface area contributed by atoms with Crippen LogP contribution in [0.2, 0.25) is 0 Å². The molecule has 4 aromatic rings. The Morgan fingerprint density at radius 2 is 1.76 bits per heavy atom. The molecule has 8 nitrogen and oxygen atoms in total. The predicted octanol–water partition coefficient (Wildman–Crippen LogP) is 4.20. The molecule has 2 N–H and O–H groups in total. The number of hydrogen-bond acceptors (Lipinski definition) is 7. The second-order valence-electron chi connectivity index (χ2n) is 7.38. The lowest BCUT2D eigenvalue weighted by atomic mass is 10.2. The molecule has 0 aliphatic carbocycles. The fourth-order valence-corrected chi connectivity index (χ4v) is 3.86. The fraction of sp³-hybridized carbons (Fsp3) is 0.120. The number of hydrazone groups is 1. The first kappa shape index (κ1) is 23.1. The molecule has 0 aliphatic rings. The highest BCUT2D eigenvalue weighted by Gasteiger charge is 2.17. The SMILES string of the molecule is COc1ccc(-c2nnc(SCC(=O)NN=Cc3ccc(O)cc3)n2-c2ccc(C)cc2)cc1. The molecule has 0 atom stereocenters. The summed E-state index contributed by atoms with van der Waals surface area (Å²) in [7, 11) is 1.62. The van der Waals surface area contributed by atoms with Gasteiger partial charge < -0.3 is 9.84 Å². The van der Waals surface area contributed by atoms with Crippen LogP contribution in [0.5, 0.6) is 11.5 Å². The number of aromatic hydroxyl groups is 1. The number of aromatic nitrogens is 3. The monoisotopic (exact) mass is 473 g/mol. The topological polar surface area (TPSA) is 102 Å². The number of carbonyl (C=O) groups excluding carboxylic acids is 1. The molecule has 1 heterocycles. The first-order valence-electron chi connectivity index (χ1n) is 10.4. The number of phenols is 1. The van der Waals surface area contributed by atoms with Crippen molar-refractivity contribution in [1.82, 2.24) is 20.2 Å². The molecule has 0 unspecified atom stereocenters. The van der Waals surface area contributed by atoms with Crippen molar-refractivity contribution in [3.63, 3.8) is 0 Å². The molecule has 1 amide bonds. The van der Waals surface area contributed by atoms with Crippen molar-refractivity contribution in [1.29, 1.82) is 0 Å². The van der Waals surface area contributed by atoms with Gasteiger partial charge in [0.1, 0.15) is 11.5 Å². The van der Waals surface area contributed by atoms with E-state index in [0.717, 1.165) is 28.1 Å². The standard InChI is InChI=1S/C25H23N5O3S/c1-17-3-9-20(10-4-17)30-24(19-7-13-22(33-2)14-8-19)28-29-25(30)34-16-23(32)27-26-15-18-5-11-21(31)12-6-18/h3-15,31H,16H2,1-2H3,(H,27,32). The number of carbonyl (C=O) groups is 1. The van der Waals surface area contributed by atoms with Crippen LogP contribution in [0.15, 0.2) is 83.1 Å². The van der Waals surface area contributed by atoms with E-state index in [9.17, 15) is 9.90 Å². The largest absolute Gasteiger partial charge is 0.508 e. The van der Waals surface area contributed by atoms with Crippen LogP contribution < -0.4 is 10.2 Å². The van der Waals surface area contributed by atoms with E-state index in [4.69, 9.17) is 4.74 Å². The minimum atomic E-state index is -0.274. The van der Waals surface area contributed by atoms with Gasteiger partial charge in [-0.1, -0.05) is 29.5 Å². The summed E-state index contributed by atoms with van der Waals surface area (Å²) in [4.78, 5) is 12.3. The molecular formula is C25H23N5O3S. The number of nitrogens with zero attached hydrogens (tertiary/aromatic N) is 4. The maximum Gasteiger partial charge on any atom is 0.250 e. The summed E-state index contributed by atoms with van der Waals surface area (Å²) in [5.41, 5.74) is 6.19. The van der Waals surface area contributed by atoms with E-state index in [2.05, 4.69) is 20.7 Å². The second kappa shape index (κ2) is 10.7. The van der Waals surface area contributed by atoms with Crippen LogP contribution in [0.1, 0.15) is 11.1 Å². The van der Waals surface area contributed by atoms with Crippen LogP contribution >= 0.6 is 11.8 Å². The Kier molecular flexibility index (Phi) is 7.24. The summed E-state index contributed by atoms with van der Waals surface area (Å²) in [6.45, 7) is 2.03. The number of benzene rings is 3. The molecule has 0 saturated heterocycles. The maximum absolute atomic E-state index is 12.3. The third-order valence-electron chi connectivity index (χ3n) is 4.90. The number of thioether (sulfide) groups is 1. The Morgan fingerprint density at radius 3 is 2.44 bits per heavy atom. The Morgan fingerprint density at radius 1 is 1.06 bits per heavy atom. The van der Waals surface area contributed by atoms with E-state index < -0.39 is 0 Å². The molecule has 34 heavy (non-hydrogen) atoms. The lowest BCUT2D eigenvalue weighted by Crippen LogP contribution is -2.20. The Bertz CT molecular complexity index is 1280. The zero-order chi connectivity index (χ0) is 23.9. The summed E-state index contributed by atoms with van der Waals surface area (Å²) in [6, 6.07) is 22.1. The predicted molar refractivity (Wildman–Crippen MR) is 133 cm³/mol. The first-order chi connectivity index (χ1) is 16.5. The molecule has 0 fully saturated rings. The highest BCUT2D eigenvalue weighted by molar-refractivity contribution is 7.99. The molecule has 0 bridgehead atoms. The number of phenolic OH excluding ortho intramolecular Hbond substituents is 1. The average Bonchev–Trinajstić information content (AvgIpc) is 3.28. The molecule has 0 radical (unpaired) electrons. The highest BCUT2D eigenvalue weighted by Crippen LogP contribution is 2.29. The van der Waals surface area contributed by atoms with Crippen LogP contribution in [-0.2, 0) is 4.79 Å². The Labute approximate surface area is 201 Å². The van der Waals surface area contributed by atoms with Crippen molar-refractivity contribution in [2.75, 3.05) is 12.9 Å². The summed E-state index contributed by atoms with van der Waals surface area (Å²) < 4.78 is 7.18. The molecule has 0 spiro atoms. The van der Waals surface area contributed by atoms with Gasteiger partial charge in [0.15, 0.2) is 11.0 Å². The van der Waals surface area contributed by atoms with E-state index in [1.54, 1.807) is 31.4 Å².